The Bertz CT molecular complexity index is 1040. The molecule has 0 radical (unpaired) electrons. The standard InChI is InChI=1S/C19H19N3O5S/c1-13-16(19(24)27-3)5-4-6-17(13)21-18(23)12-22(2)28(25,26)15-9-7-14(11-20)8-10-15/h4-10H,12H2,1-3H3,(H,21,23). The lowest BCUT2D eigenvalue weighted by molar-refractivity contribution is -0.116. The van der Waals surface area contributed by atoms with Gasteiger partial charge in [0.1, 0.15) is 0 Å². The third-order valence-electron chi connectivity index (χ3n) is 4.07. The molecule has 0 spiro atoms. The summed E-state index contributed by atoms with van der Waals surface area (Å²) in [4.78, 5) is 24.0. The molecule has 2 aromatic carbocycles. The molecule has 0 fully saturated rings. The number of nitrogens with one attached hydrogen (secondary N) is 1. The fraction of sp³-hybridized carbons (Fsp3) is 0.211. The van der Waals surface area contributed by atoms with Crippen molar-refractivity contribution in [3.63, 3.8) is 0 Å². The van der Waals surface area contributed by atoms with Crippen LogP contribution in [0.4, 0.5) is 5.69 Å². The molecule has 2 rings (SSSR count). The second-order valence-corrected chi connectivity index (χ2v) is 7.96. The summed E-state index contributed by atoms with van der Waals surface area (Å²) < 4.78 is 30.7. The number of hydrogen-bond acceptors (Lipinski definition) is 6. The molecule has 0 aliphatic heterocycles. The minimum atomic E-state index is -3.90. The highest BCUT2D eigenvalue weighted by Gasteiger charge is 2.23. The minimum absolute atomic E-state index is 0.0225. The second kappa shape index (κ2) is 8.65. The maximum atomic E-state index is 12.6. The fourth-order valence-electron chi connectivity index (χ4n) is 2.46. The Morgan fingerprint density at radius 2 is 1.82 bits per heavy atom. The zero-order chi connectivity index (χ0) is 20.9. The van der Waals surface area contributed by atoms with Crippen LogP contribution < -0.4 is 5.32 Å². The highest BCUT2D eigenvalue weighted by molar-refractivity contribution is 7.89. The van der Waals surface area contributed by atoms with Crippen LogP contribution >= 0.6 is 0 Å². The normalized spacial score (nSPS) is 11.0. The Morgan fingerprint density at radius 3 is 2.39 bits per heavy atom. The number of hydrogen-bond donors (Lipinski definition) is 1. The molecular formula is C19H19N3O5S. The minimum Gasteiger partial charge on any atom is -0.465 e. The molecule has 0 saturated heterocycles. The van der Waals surface area contributed by atoms with Gasteiger partial charge < -0.3 is 10.1 Å². The smallest absolute Gasteiger partial charge is 0.338 e. The quantitative estimate of drug-likeness (QED) is 0.739. The van der Waals surface area contributed by atoms with E-state index in [9.17, 15) is 18.0 Å². The number of esters is 1. The first-order valence-corrected chi connectivity index (χ1v) is 9.59. The molecule has 0 heterocycles. The van der Waals surface area contributed by atoms with Gasteiger partial charge in [-0.15, -0.1) is 0 Å². The van der Waals surface area contributed by atoms with Gasteiger partial charge in [-0.05, 0) is 48.9 Å². The van der Waals surface area contributed by atoms with Gasteiger partial charge in [-0.2, -0.15) is 9.57 Å². The number of carbonyl (C=O) groups is 2. The molecule has 0 aliphatic carbocycles. The summed E-state index contributed by atoms with van der Waals surface area (Å²) in [6, 6.07) is 12.1. The van der Waals surface area contributed by atoms with E-state index in [-0.39, 0.29) is 4.90 Å². The van der Waals surface area contributed by atoms with Crippen LogP contribution in [-0.4, -0.2) is 45.3 Å². The van der Waals surface area contributed by atoms with Gasteiger partial charge in [-0.3, -0.25) is 4.79 Å². The number of benzene rings is 2. The summed E-state index contributed by atoms with van der Waals surface area (Å²) in [6.45, 7) is 1.23. The lowest BCUT2D eigenvalue weighted by Crippen LogP contribution is -2.35. The summed E-state index contributed by atoms with van der Waals surface area (Å²) in [5, 5.41) is 11.4. The zero-order valence-corrected chi connectivity index (χ0v) is 16.4. The number of rotatable bonds is 6. The Kier molecular flexibility index (Phi) is 6.51. The number of anilines is 1. The van der Waals surface area contributed by atoms with Crippen molar-refractivity contribution in [2.45, 2.75) is 11.8 Å². The molecule has 146 valence electrons. The monoisotopic (exact) mass is 401 g/mol. The Balaban J connectivity index is 2.14. The molecule has 0 bridgehead atoms. The largest absolute Gasteiger partial charge is 0.465 e. The van der Waals surface area contributed by atoms with E-state index in [1.165, 1.54) is 38.4 Å². The molecule has 28 heavy (non-hydrogen) atoms. The third kappa shape index (κ3) is 4.54. The van der Waals surface area contributed by atoms with E-state index in [2.05, 4.69) is 5.32 Å². The predicted octanol–water partition coefficient (Wildman–Crippen LogP) is 1.91. The van der Waals surface area contributed by atoms with E-state index in [0.29, 0.717) is 22.4 Å². The average Bonchev–Trinajstić information content (AvgIpc) is 2.68. The number of sulfonamides is 1. The summed E-state index contributed by atoms with van der Waals surface area (Å²) in [6.07, 6.45) is 0. The van der Waals surface area contributed by atoms with Gasteiger partial charge in [0, 0.05) is 12.7 Å². The van der Waals surface area contributed by atoms with Crippen LogP contribution in [0.25, 0.3) is 0 Å². The lowest BCUT2D eigenvalue weighted by Gasteiger charge is -2.18. The zero-order valence-electron chi connectivity index (χ0n) is 15.6. The average molecular weight is 401 g/mol. The van der Waals surface area contributed by atoms with Gasteiger partial charge in [-0.25, -0.2) is 13.2 Å². The number of nitriles is 1. The van der Waals surface area contributed by atoms with Crippen LogP contribution in [0.5, 0.6) is 0 Å². The number of ether oxygens (including phenoxy) is 1. The third-order valence-corrected chi connectivity index (χ3v) is 5.89. The maximum Gasteiger partial charge on any atom is 0.338 e. The molecule has 0 saturated carbocycles. The first-order chi connectivity index (χ1) is 13.2. The molecule has 1 amide bonds. The van der Waals surface area contributed by atoms with Crippen LogP contribution in [0, 0.1) is 18.3 Å². The van der Waals surface area contributed by atoms with Crippen LogP contribution in [0.15, 0.2) is 47.4 Å². The van der Waals surface area contributed by atoms with E-state index < -0.39 is 28.4 Å². The van der Waals surface area contributed by atoms with Crippen molar-refractivity contribution < 1.29 is 22.7 Å². The first kappa shape index (κ1) is 21.1. The van der Waals surface area contributed by atoms with Crippen molar-refractivity contribution in [3.05, 3.63) is 59.2 Å². The lowest BCUT2D eigenvalue weighted by atomic mass is 10.1. The SMILES string of the molecule is COC(=O)c1cccc(NC(=O)CN(C)S(=O)(=O)c2ccc(C#N)cc2)c1C. The van der Waals surface area contributed by atoms with Crippen molar-refractivity contribution in [1.29, 1.82) is 5.26 Å². The van der Waals surface area contributed by atoms with Crippen molar-refractivity contribution in [2.24, 2.45) is 0 Å². The van der Waals surface area contributed by atoms with Crippen molar-refractivity contribution in [2.75, 3.05) is 26.0 Å². The Morgan fingerprint density at radius 1 is 1.18 bits per heavy atom. The molecule has 0 aromatic heterocycles. The first-order valence-electron chi connectivity index (χ1n) is 8.15. The number of methoxy groups -OCH3 is 1. The van der Waals surface area contributed by atoms with Crippen molar-refractivity contribution in [1.82, 2.24) is 4.31 Å². The topological polar surface area (TPSA) is 117 Å². The molecule has 8 nitrogen and oxygen atoms in total. The Hall–Kier alpha value is -3.22. The van der Waals surface area contributed by atoms with Gasteiger partial charge in [0.05, 0.1) is 35.7 Å². The summed E-state index contributed by atoms with van der Waals surface area (Å²) in [5.41, 5.74) is 1.54. The van der Waals surface area contributed by atoms with Gasteiger partial charge in [-0.1, -0.05) is 6.07 Å². The molecule has 0 aliphatic rings. The van der Waals surface area contributed by atoms with Gasteiger partial charge in [0.25, 0.3) is 0 Å². The summed E-state index contributed by atoms with van der Waals surface area (Å²) in [5.74, 6) is -1.10. The van der Waals surface area contributed by atoms with E-state index >= 15 is 0 Å². The van der Waals surface area contributed by atoms with Crippen molar-refractivity contribution >= 4 is 27.6 Å². The van der Waals surface area contributed by atoms with E-state index in [1.807, 2.05) is 6.07 Å². The summed E-state index contributed by atoms with van der Waals surface area (Å²) in [7, 11) is -1.36. The molecular weight excluding hydrogens is 382 g/mol. The summed E-state index contributed by atoms with van der Waals surface area (Å²) >= 11 is 0. The molecule has 0 atom stereocenters. The fourth-order valence-corrected chi connectivity index (χ4v) is 3.59. The number of amides is 1. The molecule has 9 heteroatoms. The van der Waals surface area contributed by atoms with E-state index in [1.54, 1.807) is 25.1 Å². The van der Waals surface area contributed by atoms with Gasteiger partial charge >= 0.3 is 5.97 Å². The van der Waals surface area contributed by atoms with E-state index in [4.69, 9.17) is 10.00 Å². The number of likely N-dealkylation sites (N-methyl/N-ethyl adjacent to an activating group) is 1. The molecule has 2 aromatic rings. The van der Waals surface area contributed by atoms with Gasteiger partial charge in [0.15, 0.2) is 0 Å². The molecule has 0 unspecified atom stereocenters. The number of nitrogens with zero attached hydrogens (tertiary/aromatic N) is 2. The molecule has 1 N–H and O–H groups in total. The maximum absolute atomic E-state index is 12.6. The van der Waals surface area contributed by atoms with Crippen LogP contribution in [0.2, 0.25) is 0 Å². The second-order valence-electron chi connectivity index (χ2n) is 5.92. The highest BCUT2D eigenvalue weighted by atomic mass is 32.2. The highest BCUT2D eigenvalue weighted by Crippen LogP contribution is 2.20. The van der Waals surface area contributed by atoms with Crippen LogP contribution in [0.3, 0.4) is 0 Å². The van der Waals surface area contributed by atoms with Crippen LogP contribution in [-0.2, 0) is 19.6 Å². The van der Waals surface area contributed by atoms with E-state index in [0.717, 1.165) is 4.31 Å². The van der Waals surface area contributed by atoms with Gasteiger partial charge in [0.2, 0.25) is 15.9 Å². The number of carbonyl (C=O) groups excluding carboxylic acids is 2. The predicted molar refractivity (Wildman–Crippen MR) is 102 cm³/mol. The van der Waals surface area contributed by atoms with Crippen LogP contribution in [0.1, 0.15) is 21.5 Å². The Labute approximate surface area is 163 Å². The van der Waals surface area contributed by atoms with Crippen molar-refractivity contribution in [3.8, 4) is 6.07 Å².